The van der Waals surface area contributed by atoms with Crippen molar-refractivity contribution in [2.24, 2.45) is 5.92 Å². The molecule has 2 atom stereocenters. The summed E-state index contributed by atoms with van der Waals surface area (Å²) in [5.74, 6) is -0.641. The molecule has 2 aliphatic rings. The van der Waals surface area contributed by atoms with Crippen molar-refractivity contribution in [1.82, 2.24) is 0 Å². The van der Waals surface area contributed by atoms with Gasteiger partial charge in [-0.1, -0.05) is 0 Å². The van der Waals surface area contributed by atoms with E-state index in [0.717, 1.165) is 19.4 Å². The summed E-state index contributed by atoms with van der Waals surface area (Å²) in [6.45, 7) is 1.10. The molecule has 1 aliphatic carbocycles. The van der Waals surface area contributed by atoms with Crippen LogP contribution in [0, 0.1) is 5.92 Å². The molecule has 1 aliphatic heterocycles. The van der Waals surface area contributed by atoms with Crippen LogP contribution in [0.1, 0.15) is 19.3 Å². The lowest BCUT2D eigenvalue weighted by Crippen LogP contribution is -2.19. The molecule has 0 bridgehead atoms. The summed E-state index contributed by atoms with van der Waals surface area (Å²) < 4.78 is 9.48. The molecule has 0 aromatic heterocycles. The van der Waals surface area contributed by atoms with Crippen molar-refractivity contribution >= 4 is 29.2 Å². The summed E-state index contributed by atoms with van der Waals surface area (Å²) in [5, 5.41) is 0. The largest absolute Gasteiger partial charge is 0.463 e. The number of alkyl halides is 2. The quantitative estimate of drug-likeness (QED) is 0.557. The van der Waals surface area contributed by atoms with Crippen LogP contribution in [0.2, 0.25) is 0 Å². The molecular formula is C9H12Cl2O3. The van der Waals surface area contributed by atoms with Gasteiger partial charge in [-0.25, -0.2) is 0 Å². The third-order valence-electron chi connectivity index (χ3n) is 2.55. The highest BCUT2D eigenvalue weighted by Gasteiger charge is 2.57. The highest BCUT2D eigenvalue weighted by molar-refractivity contribution is 6.52. The van der Waals surface area contributed by atoms with Gasteiger partial charge in [0.25, 0.3) is 0 Å². The lowest BCUT2D eigenvalue weighted by atomic mass is 10.2. The summed E-state index contributed by atoms with van der Waals surface area (Å²) in [4.78, 5) is 11.3. The van der Waals surface area contributed by atoms with Gasteiger partial charge in [-0.15, -0.1) is 23.2 Å². The minimum atomic E-state index is -0.881. The lowest BCUT2D eigenvalue weighted by molar-refractivity contribution is -0.148. The summed E-state index contributed by atoms with van der Waals surface area (Å²) in [6, 6.07) is 0. The Morgan fingerprint density at radius 1 is 1.57 bits per heavy atom. The van der Waals surface area contributed by atoms with E-state index in [-0.39, 0.29) is 18.0 Å². The number of halogens is 2. The number of rotatable bonds is 3. The minimum absolute atomic E-state index is 0.0674. The number of hydrogen-bond donors (Lipinski definition) is 0. The zero-order valence-corrected chi connectivity index (χ0v) is 9.18. The molecule has 80 valence electrons. The first-order chi connectivity index (χ1) is 6.59. The van der Waals surface area contributed by atoms with Gasteiger partial charge in [0, 0.05) is 6.61 Å². The maximum absolute atomic E-state index is 11.3. The van der Waals surface area contributed by atoms with Crippen LogP contribution in [-0.4, -0.2) is 29.6 Å². The van der Waals surface area contributed by atoms with Crippen LogP contribution in [0.25, 0.3) is 0 Å². The van der Waals surface area contributed by atoms with E-state index >= 15 is 0 Å². The molecule has 5 heteroatoms. The second-order valence-electron chi connectivity index (χ2n) is 3.78. The molecular weight excluding hydrogens is 227 g/mol. The van der Waals surface area contributed by atoms with Crippen LogP contribution >= 0.6 is 23.2 Å². The molecule has 0 amide bonds. The molecule has 0 radical (unpaired) electrons. The fourth-order valence-electron chi connectivity index (χ4n) is 1.52. The van der Waals surface area contributed by atoms with Crippen molar-refractivity contribution in [2.45, 2.75) is 29.7 Å². The molecule has 0 N–H and O–H groups in total. The van der Waals surface area contributed by atoms with Gasteiger partial charge in [-0.05, 0) is 19.3 Å². The van der Waals surface area contributed by atoms with Crippen LogP contribution in [0.3, 0.4) is 0 Å². The molecule has 14 heavy (non-hydrogen) atoms. The molecule has 0 aromatic carbocycles. The van der Waals surface area contributed by atoms with E-state index in [1.165, 1.54) is 0 Å². The first-order valence-corrected chi connectivity index (χ1v) is 5.51. The van der Waals surface area contributed by atoms with Crippen molar-refractivity contribution in [3.8, 4) is 0 Å². The van der Waals surface area contributed by atoms with Gasteiger partial charge in [0.15, 0.2) is 0 Å². The molecule has 2 fully saturated rings. The molecule has 1 heterocycles. The van der Waals surface area contributed by atoms with Gasteiger partial charge in [-0.3, -0.25) is 4.79 Å². The normalized spacial score (nSPS) is 34.1. The third kappa shape index (κ3) is 2.33. The van der Waals surface area contributed by atoms with Crippen molar-refractivity contribution < 1.29 is 14.3 Å². The smallest absolute Gasteiger partial charge is 0.312 e. The molecule has 2 unspecified atom stereocenters. The maximum Gasteiger partial charge on any atom is 0.312 e. The average Bonchev–Trinajstić information content (AvgIpc) is 2.61. The fraction of sp³-hybridized carbons (Fsp3) is 0.889. The Morgan fingerprint density at radius 3 is 2.79 bits per heavy atom. The Kier molecular flexibility index (Phi) is 2.91. The second kappa shape index (κ2) is 3.87. The van der Waals surface area contributed by atoms with Crippen molar-refractivity contribution in [3.05, 3.63) is 0 Å². The standard InChI is InChI=1S/C9H12Cl2O3/c10-9(11)4-7(9)8(12)14-5-6-2-1-3-13-6/h6-7H,1-5H2. The number of esters is 1. The SMILES string of the molecule is O=C(OCC1CCCO1)C1CC1(Cl)Cl. The van der Waals surface area contributed by atoms with Gasteiger partial charge >= 0.3 is 5.97 Å². The van der Waals surface area contributed by atoms with E-state index in [2.05, 4.69) is 0 Å². The first-order valence-electron chi connectivity index (χ1n) is 4.75. The van der Waals surface area contributed by atoms with E-state index in [1.54, 1.807) is 0 Å². The predicted octanol–water partition coefficient (Wildman–Crippen LogP) is 1.90. The zero-order chi connectivity index (χ0) is 10.2. The Morgan fingerprint density at radius 2 is 2.29 bits per heavy atom. The van der Waals surface area contributed by atoms with Gasteiger partial charge in [0.05, 0.1) is 12.0 Å². The minimum Gasteiger partial charge on any atom is -0.463 e. The van der Waals surface area contributed by atoms with Gasteiger partial charge in [0.2, 0.25) is 0 Å². The monoisotopic (exact) mass is 238 g/mol. The predicted molar refractivity (Wildman–Crippen MR) is 52.5 cm³/mol. The topological polar surface area (TPSA) is 35.5 Å². The van der Waals surface area contributed by atoms with Crippen LogP contribution in [0.4, 0.5) is 0 Å². The maximum atomic E-state index is 11.3. The highest BCUT2D eigenvalue weighted by atomic mass is 35.5. The average molecular weight is 239 g/mol. The Bertz CT molecular complexity index is 236. The number of hydrogen-bond acceptors (Lipinski definition) is 3. The van der Waals surface area contributed by atoms with E-state index in [9.17, 15) is 4.79 Å². The van der Waals surface area contributed by atoms with Crippen molar-refractivity contribution in [1.29, 1.82) is 0 Å². The Hall–Kier alpha value is 0.01000. The fourth-order valence-corrected chi connectivity index (χ4v) is 2.01. The Balaban J connectivity index is 1.68. The Labute approximate surface area is 92.6 Å². The number of ether oxygens (including phenoxy) is 2. The van der Waals surface area contributed by atoms with E-state index < -0.39 is 4.33 Å². The molecule has 0 spiro atoms. The van der Waals surface area contributed by atoms with Gasteiger partial charge < -0.3 is 9.47 Å². The third-order valence-corrected chi connectivity index (χ3v) is 3.38. The van der Waals surface area contributed by atoms with E-state index in [0.29, 0.717) is 13.0 Å². The highest BCUT2D eigenvalue weighted by Crippen LogP contribution is 2.53. The van der Waals surface area contributed by atoms with Crippen molar-refractivity contribution in [2.75, 3.05) is 13.2 Å². The molecule has 3 nitrogen and oxygen atoms in total. The van der Waals surface area contributed by atoms with Crippen LogP contribution < -0.4 is 0 Å². The van der Waals surface area contributed by atoms with Crippen LogP contribution in [0.5, 0.6) is 0 Å². The molecule has 1 saturated heterocycles. The molecule has 2 rings (SSSR count). The molecule has 0 aromatic rings. The summed E-state index contributed by atoms with van der Waals surface area (Å²) >= 11 is 11.5. The van der Waals surface area contributed by atoms with Crippen LogP contribution in [0.15, 0.2) is 0 Å². The summed E-state index contributed by atoms with van der Waals surface area (Å²) in [7, 11) is 0. The lowest BCUT2D eigenvalue weighted by Gasteiger charge is -2.09. The first kappa shape index (κ1) is 10.5. The van der Waals surface area contributed by atoms with E-state index in [1.807, 2.05) is 0 Å². The zero-order valence-electron chi connectivity index (χ0n) is 7.67. The number of carbonyl (C=O) groups is 1. The molecule has 1 saturated carbocycles. The van der Waals surface area contributed by atoms with Crippen LogP contribution in [-0.2, 0) is 14.3 Å². The van der Waals surface area contributed by atoms with Gasteiger partial charge in [-0.2, -0.15) is 0 Å². The summed E-state index contributed by atoms with van der Waals surface area (Å²) in [5.41, 5.74) is 0. The van der Waals surface area contributed by atoms with E-state index in [4.69, 9.17) is 32.7 Å². The van der Waals surface area contributed by atoms with Crippen molar-refractivity contribution in [3.63, 3.8) is 0 Å². The van der Waals surface area contributed by atoms with Gasteiger partial charge in [0.1, 0.15) is 10.9 Å². The summed E-state index contributed by atoms with van der Waals surface area (Å²) in [6.07, 6.45) is 2.57. The number of carbonyl (C=O) groups excluding carboxylic acids is 1. The second-order valence-corrected chi connectivity index (χ2v) is 5.33.